The third-order valence-corrected chi connectivity index (χ3v) is 3.59. The van der Waals surface area contributed by atoms with Crippen molar-refractivity contribution in [2.24, 2.45) is 5.73 Å². The SMILES string of the molecule is COc1ccc2[nH]c(C3CCCN3C(=N)N)nc2c1.Cl. The zero-order chi connectivity index (χ0) is 13.4. The van der Waals surface area contributed by atoms with Crippen molar-refractivity contribution in [1.29, 1.82) is 5.41 Å². The van der Waals surface area contributed by atoms with Crippen LogP contribution in [0.4, 0.5) is 0 Å². The number of ether oxygens (including phenoxy) is 1. The summed E-state index contributed by atoms with van der Waals surface area (Å²) in [7, 11) is 1.64. The minimum atomic E-state index is 0. The Bertz CT molecular complexity index is 626. The Hall–Kier alpha value is -1.95. The van der Waals surface area contributed by atoms with Crippen LogP contribution in [0.5, 0.6) is 5.75 Å². The normalized spacial score (nSPS) is 18.1. The van der Waals surface area contributed by atoms with E-state index in [1.165, 1.54) is 0 Å². The molecule has 0 bridgehead atoms. The van der Waals surface area contributed by atoms with Crippen molar-refractivity contribution >= 4 is 29.4 Å². The van der Waals surface area contributed by atoms with Crippen LogP contribution in [0.15, 0.2) is 18.2 Å². The number of aromatic amines is 1. The summed E-state index contributed by atoms with van der Waals surface area (Å²) >= 11 is 0. The van der Waals surface area contributed by atoms with Crippen LogP contribution >= 0.6 is 12.4 Å². The van der Waals surface area contributed by atoms with Crippen LogP contribution in [0.3, 0.4) is 0 Å². The summed E-state index contributed by atoms with van der Waals surface area (Å²) in [6.45, 7) is 0.820. The molecule has 1 aliphatic rings. The number of guanidine groups is 1. The van der Waals surface area contributed by atoms with E-state index >= 15 is 0 Å². The molecule has 1 fully saturated rings. The smallest absolute Gasteiger partial charge is 0.189 e. The molecule has 20 heavy (non-hydrogen) atoms. The first-order chi connectivity index (χ1) is 9.19. The number of hydrogen-bond acceptors (Lipinski definition) is 3. The fourth-order valence-electron chi connectivity index (χ4n) is 2.63. The number of rotatable bonds is 2. The van der Waals surface area contributed by atoms with Crippen LogP contribution < -0.4 is 10.5 Å². The topological polar surface area (TPSA) is 91.0 Å². The standard InChI is InChI=1S/C13H17N5O.ClH/c1-19-8-4-5-9-10(7-8)17-12(16-9)11-3-2-6-18(11)13(14)15;/h4-5,7,11H,2-3,6H2,1H3,(H3,14,15)(H,16,17);1H. The van der Waals surface area contributed by atoms with Gasteiger partial charge in [-0.05, 0) is 25.0 Å². The summed E-state index contributed by atoms with van der Waals surface area (Å²) in [5.41, 5.74) is 7.47. The third-order valence-electron chi connectivity index (χ3n) is 3.59. The average Bonchev–Trinajstić information content (AvgIpc) is 3.03. The molecule has 1 aromatic heterocycles. The number of benzene rings is 1. The van der Waals surface area contributed by atoms with Gasteiger partial charge in [-0.25, -0.2) is 4.98 Å². The summed E-state index contributed by atoms with van der Waals surface area (Å²) in [5, 5.41) is 7.61. The van der Waals surface area contributed by atoms with E-state index in [-0.39, 0.29) is 24.4 Å². The molecule has 0 amide bonds. The molecule has 0 radical (unpaired) electrons. The molecule has 1 aliphatic heterocycles. The zero-order valence-electron chi connectivity index (χ0n) is 11.2. The molecule has 0 aliphatic carbocycles. The Labute approximate surface area is 123 Å². The van der Waals surface area contributed by atoms with Crippen molar-refractivity contribution in [1.82, 2.24) is 14.9 Å². The van der Waals surface area contributed by atoms with E-state index in [1.807, 2.05) is 23.1 Å². The summed E-state index contributed by atoms with van der Waals surface area (Å²) in [6, 6.07) is 5.85. The highest BCUT2D eigenvalue weighted by Gasteiger charge is 2.29. The molecule has 108 valence electrons. The second kappa shape index (κ2) is 5.58. The van der Waals surface area contributed by atoms with Crippen molar-refractivity contribution in [3.63, 3.8) is 0 Å². The van der Waals surface area contributed by atoms with Gasteiger partial charge in [0.1, 0.15) is 11.6 Å². The summed E-state index contributed by atoms with van der Waals surface area (Å²) in [6.07, 6.45) is 2.00. The largest absolute Gasteiger partial charge is 0.497 e. The van der Waals surface area contributed by atoms with Crippen LogP contribution in [0, 0.1) is 5.41 Å². The number of nitrogens with two attached hydrogens (primary N) is 1. The quantitative estimate of drug-likeness (QED) is 0.584. The van der Waals surface area contributed by atoms with Crippen LogP contribution in [-0.4, -0.2) is 34.5 Å². The Kier molecular flexibility index (Phi) is 4.04. The summed E-state index contributed by atoms with van der Waals surface area (Å²) in [4.78, 5) is 9.80. The Balaban J connectivity index is 0.00000147. The van der Waals surface area contributed by atoms with Crippen molar-refractivity contribution in [2.45, 2.75) is 18.9 Å². The second-order valence-corrected chi connectivity index (χ2v) is 4.74. The average molecular weight is 296 g/mol. The molecule has 2 aromatic rings. The maximum atomic E-state index is 7.61. The number of fused-ring (bicyclic) bond motifs is 1. The van der Waals surface area contributed by atoms with Gasteiger partial charge in [-0.1, -0.05) is 0 Å². The molecule has 1 atom stereocenters. The van der Waals surface area contributed by atoms with Crippen LogP contribution in [-0.2, 0) is 0 Å². The van der Waals surface area contributed by atoms with E-state index < -0.39 is 0 Å². The van der Waals surface area contributed by atoms with E-state index in [2.05, 4.69) is 9.97 Å². The van der Waals surface area contributed by atoms with Gasteiger partial charge in [0, 0.05) is 12.6 Å². The predicted octanol–water partition coefficient (Wildman–Crippen LogP) is 2.02. The van der Waals surface area contributed by atoms with E-state index in [4.69, 9.17) is 15.9 Å². The van der Waals surface area contributed by atoms with Crippen molar-refractivity contribution in [3.05, 3.63) is 24.0 Å². The van der Waals surface area contributed by atoms with Crippen molar-refractivity contribution in [2.75, 3.05) is 13.7 Å². The predicted molar refractivity (Wildman–Crippen MR) is 80.5 cm³/mol. The van der Waals surface area contributed by atoms with Gasteiger partial charge in [-0.3, -0.25) is 5.41 Å². The number of nitrogens with zero attached hydrogens (tertiary/aromatic N) is 2. The summed E-state index contributed by atoms with van der Waals surface area (Å²) < 4.78 is 5.20. The molecule has 4 N–H and O–H groups in total. The van der Waals surface area contributed by atoms with Crippen LogP contribution in [0.2, 0.25) is 0 Å². The zero-order valence-corrected chi connectivity index (χ0v) is 12.0. The van der Waals surface area contributed by atoms with Gasteiger partial charge in [0.2, 0.25) is 0 Å². The molecule has 1 unspecified atom stereocenters. The number of H-pyrrole nitrogens is 1. The maximum absolute atomic E-state index is 7.61. The molecule has 2 heterocycles. The molecule has 3 rings (SSSR count). The lowest BCUT2D eigenvalue weighted by atomic mass is 10.2. The van der Waals surface area contributed by atoms with Crippen LogP contribution in [0.1, 0.15) is 24.7 Å². The van der Waals surface area contributed by atoms with Gasteiger partial charge in [0.05, 0.1) is 24.2 Å². The molecule has 0 saturated carbocycles. The molecule has 1 aromatic carbocycles. The van der Waals surface area contributed by atoms with E-state index in [0.29, 0.717) is 0 Å². The molecular formula is C13H18ClN5O. The van der Waals surface area contributed by atoms with Gasteiger partial charge >= 0.3 is 0 Å². The molecule has 7 heteroatoms. The Morgan fingerprint density at radius 2 is 2.35 bits per heavy atom. The monoisotopic (exact) mass is 295 g/mol. The fourth-order valence-corrected chi connectivity index (χ4v) is 2.63. The highest BCUT2D eigenvalue weighted by atomic mass is 35.5. The lowest BCUT2D eigenvalue weighted by Crippen LogP contribution is -2.36. The molecular weight excluding hydrogens is 278 g/mol. The van der Waals surface area contributed by atoms with Gasteiger partial charge in [0.25, 0.3) is 0 Å². The van der Waals surface area contributed by atoms with Gasteiger partial charge < -0.3 is 20.4 Å². The first-order valence-corrected chi connectivity index (χ1v) is 6.33. The lowest BCUT2D eigenvalue weighted by molar-refractivity contribution is 0.380. The maximum Gasteiger partial charge on any atom is 0.189 e. The minimum Gasteiger partial charge on any atom is -0.497 e. The first-order valence-electron chi connectivity index (χ1n) is 6.33. The Morgan fingerprint density at radius 3 is 3.05 bits per heavy atom. The van der Waals surface area contributed by atoms with Crippen molar-refractivity contribution in [3.8, 4) is 5.75 Å². The lowest BCUT2D eigenvalue weighted by Gasteiger charge is -2.22. The van der Waals surface area contributed by atoms with Crippen LogP contribution in [0.25, 0.3) is 11.0 Å². The number of nitrogens with one attached hydrogen (secondary N) is 2. The highest BCUT2D eigenvalue weighted by molar-refractivity contribution is 5.85. The highest BCUT2D eigenvalue weighted by Crippen LogP contribution is 2.31. The number of aromatic nitrogens is 2. The number of halogens is 1. The Morgan fingerprint density at radius 1 is 1.55 bits per heavy atom. The van der Waals surface area contributed by atoms with Gasteiger partial charge in [0.15, 0.2) is 5.96 Å². The molecule has 0 spiro atoms. The summed E-state index contributed by atoms with van der Waals surface area (Å²) in [5.74, 6) is 1.77. The first kappa shape index (κ1) is 14.5. The van der Waals surface area contributed by atoms with E-state index in [1.54, 1.807) is 7.11 Å². The number of likely N-dealkylation sites (tertiary alicyclic amines) is 1. The molecule has 6 nitrogen and oxygen atoms in total. The number of hydrogen-bond donors (Lipinski definition) is 3. The fraction of sp³-hybridized carbons (Fsp3) is 0.385. The van der Waals surface area contributed by atoms with Crippen molar-refractivity contribution < 1.29 is 4.74 Å². The van der Waals surface area contributed by atoms with Gasteiger partial charge in [-0.15, -0.1) is 12.4 Å². The number of methoxy groups -OCH3 is 1. The van der Waals surface area contributed by atoms with E-state index in [9.17, 15) is 0 Å². The minimum absolute atomic E-state index is 0. The van der Waals surface area contributed by atoms with E-state index in [0.717, 1.165) is 42.0 Å². The number of imidazole rings is 1. The second-order valence-electron chi connectivity index (χ2n) is 4.74. The third kappa shape index (κ3) is 2.38. The van der Waals surface area contributed by atoms with Gasteiger partial charge in [-0.2, -0.15) is 0 Å². The molecule has 1 saturated heterocycles.